The highest BCUT2D eigenvalue weighted by Gasteiger charge is 2.17. The van der Waals surface area contributed by atoms with Crippen molar-refractivity contribution >= 4 is 23.6 Å². The largest absolute Gasteiger partial charge is 0.493 e. The molecule has 0 bridgehead atoms. The van der Waals surface area contributed by atoms with E-state index in [-0.39, 0.29) is 24.0 Å². The number of halogens is 1. The number of para-hydroxylation sites is 1. The maximum Gasteiger partial charge on any atom is 0.262 e. The van der Waals surface area contributed by atoms with Gasteiger partial charge >= 0.3 is 0 Å². The van der Waals surface area contributed by atoms with E-state index in [9.17, 15) is 19.2 Å². The normalized spacial score (nSPS) is 11.7. The van der Waals surface area contributed by atoms with Gasteiger partial charge in [-0.2, -0.15) is 5.26 Å². The molecule has 0 radical (unpaired) electrons. The van der Waals surface area contributed by atoms with Gasteiger partial charge in [0.1, 0.15) is 17.5 Å². The fraction of sp³-hybridized carbons (Fsp3) is 0.148. The Balaban J connectivity index is 1.76. The Bertz CT molecular complexity index is 1250. The van der Waals surface area contributed by atoms with Crippen LogP contribution in [-0.4, -0.2) is 25.5 Å². The number of nitrogens with zero attached hydrogens (tertiary/aromatic N) is 1. The Morgan fingerprint density at radius 1 is 1.06 bits per heavy atom. The molecule has 0 fully saturated rings. The summed E-state index contributed by atoms with van der Waals surface area (Å²) in [6.45, 7) is 1.44. The van der Waals surface area contributed by atoms with Crippen LogP contribution in [0.2, 0.25) is 0 Å². The minimum atomic E-state index is -0.549. The second-order valence-electron chi connectivity index (χ2n) is 7.50. The summed E-state index contributed by atoms with van der Waals surface area (Å²) in [4.78, 5) is 25.1. The number of nitriles is 1. The zero-order valence-electron chi connectivity index (χ0n) is 19.2. The first-order valence-corrected chi connectivity index (χ1v) is 10.7. The molecule has 0 spiro atoms. The van der Waals surface area contributed by atoms with Gasteiger partial charge in [-0.1, -0.05) is 42.5 Å². The number of amides is 2. The van der Waals surface area contributed by atoms with E-state index in [2.05, 4.69) is 10.6 Å². The predicted molar refractivity (Wildman–Crippen MR) is 130 cm³/mol. The van der Waals surface area contributed by atoms with Crippen LogP contribution in [0.5, 0.6) is 11.5 Å². The van der Waals surface area contributed by atoms with Crippen LogP contribution in [0.3, 0.4) is 0 Å². The van der Waals surface area contributed by atoms with Crippen LogP contribution in [0.25, 0.3) is 6.08 Å². The van der Waals surface area contributed by atoms with E-state index in [4.69, 9.17) is 9.47 Å². The summed E-state index contributed by atoms with van der Waals surface area (Å²) >= 11 is 0. The lowest BCUT2D eigenvalue weighted by atomic mass is 10.1. The Morgan fingerprint density at radius 2 is 1.77 bits per heavy atom. The molecule has 35 heavy (non-hydrogen) atoms. The van der Waals surface area contributed by atoms with E-state index in [0.29, 0.717) is 17.0 Å². The second kappa shape index (κ2) is 12.0. The molecule has 0 aliphatic carbocycles. The van der Waals surface area contributed by atoms with Crippen LogP contribution < -0.4 is 20.1 Å². The van der Waals surface area contributed by atoms with Crippen molar-refractivity contribution in [2.75, 3.05) is 19.0 Å². The molecule has 3 aromatic rings. The summed E-state index contributed by atoms with van der Waals surface area (Å²) in [5.74, 6) is -0.927. The van der Waals surface area contributed by atoms with Crippen molar-refractivity contribution < 1.29 is 23.5 Å². The molecule has 7 nitrogen and oxygen atoms in total. The third-order valence-electron chi connectivity index (χ3n) is 5.02. The van der Waals surface area contributed by atoms with E-state index in [1.165, 1.54) is 37.5 Å². The molecule has 3 aromatic carbocycles. The van der Waals surface area contributed by atoms with Gasteiger partial charge in [0, 0.05) is 11.3 Å². The standard InChI is InChI=1S/C27H24FN3O4/c1-18(19-7-4-3-5-8-19)30-27(33)21(16-29)15-20-9-6-10-24(34-2)26(20)35-17-25(32)31-23-13-11-22(28)12-14-23/h3-15,18H,17H2,1-2H3,(H,30,33)(H,31,32)/b21-15-/t18-/m0/s1. The monoisotopic (exact) mass is 473 g/mol. The predicted octanol–water partition coefficient (Wildman–Crippen LogP) is 4.64. The summed E-state index contributed by atoms with van der Waals surface area (Å²) in [5, 5.41) is 15.0. The highest BCUT2D eigenvalue weighted by Crippen LogP contribution is 2.32. The van der Waals surface area contributed by atoms with Crippen molar-refractivity contribution in [2.45, 2.75) is 13.0 Å². The van der Waals surface area contributed by atoms with Crippen molar-refractivity contribution in [2.24, 2.45) is 0 Å². The number of benzene rings is 3. The van der Waals surface area contributed by atoms with Crippen molar-refractivity contribution in [3.8, 4) is 17.6 Å². The number of carbonyl (C=O) groups excluding carboxylic acids is 2. The number of ether oxygens (including phenoxy) is 2. The molecule has 0 saturated carbocycles. The van der Waals surface area contributed by atoms with Gasteiger partial charge in [0.15, 0.2) is 18.1 Å². The van der Waals surface area contributed by atoms with Gasteiger partial charge in [-0.05, 0) is 48.9 Å². The van der Waals surface area contributed by atoms with E-state index in [1.807, 2.05) is 43.3 Å². The van der Waals surface area contributed by atoms with Gasteiger partial charge in [-0.3, -0.25) is 9.59 Å². The summed E-state index contributed by atoms with van der Waals surface area (Å²) < 4.78 is 24.1. The molecule has 0 aliphatic heterocycles. The molecule has 2 amide bonds. The minimum absolute atomic E-state index is 0.137. The third kappa shape index (κ3) is 6.92. The molecule has 0 heterocycles. The highest BCUT2D eigenvalue weighted by atomic mass is 19.1. The minimum Gasteiger partial charge on any atom is -0.493 e. The topological polar surface area (TPSA) is 100 Å². The Hall–Kier alpha value is -4.64. The van der Waals surface area contributed by atoms with E-state index >= 15 is 0 Å². The Morgan fingerprint density at radius 3 is 2.43 bits per heavy atom. The van der Waals surface area contributed by atoms with Gasteiger partial charge < -0.3 is 20.1 Å². The van der Waals surface area contributed by atoms with Crippen LogP contribution in [0.15, 0.2) is 78.4 Å². The van der Waals surface area contributed by atoms with Crippen LogP contribution in [0.1, 0.15) is 24.1 Å². The fourth-order valence-electron chi connectivity index (χ4n) is 3.23. The first kappa shape index (κ1) is 25.0. The molecule has 1 atom stereocenters. The lowest BCUT2D eigenvalue weighted by Crippen LogP contribution is -2.27. The number of carbonyl (C=O) groups is 2. The van der Waals surface area contributed by atoms with E-state index in [0.717, 1.165) is 5.56 Å². The first-order valence-electron chi connectivity index (χ1n) is 10.7. The summed E-state index contributed by atoms with van der Waals surface area (Å²) in [6.07, 6.45) is 1.38. The van der Waals surface area contributed by atoms with Gasteiger partial charge in [0.05, 0.1) is 13.2 Å². The number of nitrogens with one attached hydrogen (secondary N) is 2. The zero-order chi connectivity index (χ0) is 25.2. The number of hydrogen-bond acceptors (Lipinski definition) is 5. The number of rotatable bonds is 9. The van der Waals surface area contributed by atoms with E-state index in [1.54, 1.807) is 18.2 Å². The molecular weight excluding hydrogens is 449 g/mol. The maximum atomic E-state index is 13.1. The smallest absolute Gasteiger partial charge is 0.262 e. The fourth-order valence-corrected chi connectivity index (χ4v) is 3.23. The number of anilines is 1. The SMILES string of the molecule is COc1cccc(/C=C(/C#N)C(=O)N[C@@H](C)c2ccccc2)c1OCC(=O)Nc1ccc(F)cc1. The van der Waals surface area contributed by atoms with Crippen LogP contribution in [0.4, 0.5) is 10.1 Å². The summed E-state index contributed by atoms with van der Waals surface area (Å²) in [7, 11) is 1.44. The van der Waals surface area contributed by atoms with Crippen molar-refractivity contribution in [1.29, 1.82) is 5.26 Å². The van der Waals surface area contributed by atoms with Gasteiger partial charge in [-0.25, -0.2) is 4.39 Å². The molecule has 0 aliphatic rings. The van der Waals surface area contributed by atoms with Crippen LogP contribution in [-0.2, 0) is 9.59 Å². The van der Waals surface area contributed by atoms with E-state index < -0.39 is 17.6 Å². The quantitative estimate of drug-likeness (QED) is 0.348. The number of methoxy groups -OCH3 is 1. The summed E-state index contributed by atoms with van der Waals surface area (Å²) in [6, 6.07) is 21.2. The molecule has 0 aromatic heterocycles. The van der Waals surface area contributed by atoms with Crippen molar-refractivity contribution in [3.05, 3.63) is 95.3 Å². The molecule has 0 unspecified atom stereocenters. The van der Waals surface area contributed by atoms with Crippen LogP contribution >= 0.6 is 0 Å². The molecule has 0 saturated heterocycles. The molecule has 8 heteroatoms. The van der Waals surface area contributed by atoms with Crippen LogP contribution in [0, 0.1) is 17.1 Å². The second-order valence-corrected chi connectivity index (χ2v) is 7.50. The summed E-state index contributed by atoms with van der Waals surface area (Å²) in [5.41, 5.74) is 1.56. The molecule has 3 rings (SSSR count). The molecular formula is C27H24FN3O4. The molecule has 2 N–H and O–H groups in total. The zero-order valence-corrected chi connectivity index (χ0v) is 19.2. The third-order valence-corrected chi connectivity index (χ3v) is 5.02. The first-order chi connectivity index (χ1) is 16.9. The maximum absolute atomic E-state index is 13.1. The Labute approximate surface area is 202 Å². The van der Waals surface area contributed by atoms with Gasteiger partial charge in [0.25, 0.3) is 11.8 Å². The average Bonchev–Trinajstić information content (AvgIpc) is 2.87. The lowest BCUT2D eigenvalue weighted by Gasteiger charge is -2.15. The van der Waals surface area contributed by atoms with Gasteiger partial charge in [-0.15, -0.1) is 0 Å². The average molecular weight is 474 g/mol. The van der Waals surface area contributed by atoms with Gasteiger partial charge in [0.2, 0.25) is 0 Å². The highest BCUT2D eigenvalue weighted by molar-refractivity contribution is 6.02. The van der Waals surface area contributed by atoms with Crippen molar-refractivity contribution in [1.82, 2.24) is 5.32 Å². The Kier molecular flexibility index (Phi) is 8.57. The van der Waals surface area contributed by atoms with Crippen molar-refractivity contribution in [3.63, 3.8) is 0 Å². The molecule has 178 valence electrons. The lowest BCUT2D eigenvalue weighted by molar-refractivity contribution is -0.118. The number of hydrogen-bond donors (Lipinski definition) is 2.